The van der Waals surface area contributed by atoms with Crippen molar-refractivity contribution in [1.29, 1.82) is 0 Å². The van der Waals surface area contributed by atoms with Crippen LogP contribution in [0.1, 0.15) is 29.6 Å². The number of rotatable bonds is 10. The lowest BCUT2D eigenvalue weighted by Gasteiger charge is -2.36. The Labute approximate surface area is 179 Å². The Balaban J connectivity index is 1.30. The van der Waals surface area contributed by atoms with Crippen molar-refractivity contribution < 1.29 is 14.3 Å². The molecule has 6 nitrogen and oxygen atoms in total. The maximum Gasteiger partial charge on any atom is 0.255 e. The van der Waals surface area contributed by atoms with Crippen LogP contribution >= 0.6 is 0 Å². The minimum Gasteiger partial charge on any atom is -0.496 e. The second-order valence-electron chi connectivity index (χ2n) is 7.52. The Kier molecular flexibility index (Phi) is 8.39. The molecule has 0 radical (unpaired) electrons. The van der Waals surface area contributed by atoms with Crippen molar-refractivity contribution in [1.82, 2.24) is 10.2 Å². The van der Waals surface area contributed by atoms with E-state index in [9.17, 15) is 4.79 Å². The molecule has 1 fully saturated rings. The third-order valence-corrected chi connectivity index (χ3v) is 5.59. The first-order chi connectivity index (χ1) is 14.7. The molecule has 0 atom stereocenters. The van der Waals surface area contributed by atoms with Gasteiger partial charge in [-0.15, -0.1) is 0 Å². The predicted octanol–water partition coefficient (Wildman–Crippen LogP) is 3.43. The number of carbonyl (C=O) groups excluding carboxylic acids is 1. The number of hydrogen-bond donors (Lipinski definition) is 1. The van der Waals surface area contributed by atoms with Crippen LogP contribution in [0.5, 0.6) is 11.5 Å². The standard InChI is InChI=1S/C24H33N3O3/c1-29-22-12-6-4-10-20(22)24(28)25-14-8-3-9-15-26-16-18-27(19-17-26)21-11-5-7-13-23(21)30-2/h4-7,10-13H,3,8-9,14-19H2,1-2H3,(H,25,28). The monoisotopic (exact) mass is 411 g/mol. The number of para-hydroxylation sites is 3. The molecule has 162 valence electrons. The number of benzene rings is 2. The van der Waals surface area contributed by atoms with E-state index >= 15 is 0 Å². The lowest BCUT2D eigenvalue weighted by atomic mass is 10.1. The fourth-order valence-electron chi connectivity index (χ4n) is 3.87. The molecule has 30 heavy (non-hydrogen) atoms. The minimum atomic E-state index is -0.0695. The predicted molar refractivity (Wildman–Crippen MR) is 121 cm³/mol. The first kappa shape index (κ1) is 22.0. The third kappa shape index (κ3) is 5.89. The molecule has 1 heterocycles. The molecule has 0 aromatic heterocycles. The lowest BCUT2D eigenvalue weighted by Crippen LogP contribution is -2.46. The van der Waals surface area contributed by atoms with Gasteiger partial charge >= 0.3 is 0 Å². The van der Waals surface area contributed by atoms with Gasteiger partial charge in [-0.05, 0) is 43.7 Å². The molecule has 1 aliphatic heterocycles. The van der Waals surface area contributed by atoms with Gasteiger partial charge in [0, 0.05) is 32.7 Å². The first-order valence-corrected chi connectivity index (χ1v) is 10.7. The number of carbonyl (C=O) groups is 1. The molecule has 3 rings (SSSR count). The second kappa shape index (κ2) is 11.5. The van der Waals surface area contributed by atoms with Gasteiger partial charge < -0.3 is 19.7 Å². The molecular weight excluding hydrogens is 378 g/mol. The summed E-state index contributed by atoms with van der Waals surface area (Å²) in [4.78, 5) is 17.2. The molecule has 0 saturated carbocycles. The van der Waals surface area contributed by atoms with Crippen LogP contribution in [0.4, 0.5) is 5.69 Å². The first-order valence-electron chi connectivity index (χ1n) is 10.7. The van der Waals surface area contributed by atoms with E-state index in [0.29, 0.717) is 17.9 Å². The van der Waals surface area contributed by atoms with Gasteiger partial charge in [-0.25, -0.2) is 0 Å². The van der Waals surface area contributed by atoms with E-state index in [0.717, 1.165) is 57.7 Å². The van der Waals surface area contributed by atoms with Gasteiger partial charge in [-0.1, -0.05) is 30.7 Å². The smallest absolute Gasteiger partial charge is 0.255 e. The summed E-state index contributed by atoms with van der Waals surface area (Å²) in [7, 11) is 3.32. The highest BCUT2D eigenvalue weighted by Gasteiger charge is 2.19. The van der Waals surface area contributed by atoms with Crippen molar-refractivity contribution in [3.8, 4) is 11.5 Å². The molecule has 2 aromatic carbocycles. The van der Waals surface area contributed by atoms with Crippen molar-refractivity contribution in [2.75, 3.05) is 58.4 Å². The van der Waals surface area contributed by atoms with Crippen LogP contribution in [0.15, 0.2) is 48.5 Å². The molecule has 1 N–H and O–H groups in total. The summed E-state index contributed by atoms with van der Waals surface area (Å²) in [6, 6.07) is 15.6. The number of nitrogens with zero attached hydrogens (tertiary/aromatic N) is 2. The van der Waals surface area contributed by atoms with E-state index < -0.39 is 0 Å². The highest BCUT2D eigenvalue weighted by molar-refractivity contribution is 5.96. The van der Waals surface area contributed by atoms with Gasteiger partial charge in [-0.3, -0.25) is 9.69 Å². The molecule has 0 unspecified atom stereocenters. The average molecular weight is 412 g/mol. The fourth-order valence-corrected chi connectivity index (χ4v) is 3.87. The van der Waals surface area contributed by atoms with Crippen LogP contribution in [0.3, 0.4) is 0 Å². The van der Waals surface area contributed by atoms with Gasteiger partial charge in [0.1, 0.15) is 11.5 Å². The van der Waals surface area contributed by atoms with Crippen LogP contribution in [0.2, 0.25) is 0 Å². The van der Waals surface area contributed by atoms with Crippen molar-refractivity contribution >= 4 is 11.6 Å². The quantitative estimate of drug-likeness (QED) is 0.607. The number of anilines is 1. The van der Waals surface area contributed by atoms with E-state index in [1.807, 2.05) is 30.3 Å². The van der Waals surface area contributed by atoms with Crippen molar-refractivity contribution in [3.63, 3.8) is 0 Å². The van der Waals surface area contributed by atoms with Crippen LogP contribution < -0.4 is 19.7 Å². The number of methoxy groups -OCH3 is 2. The van der Waals surface area contributed by atoms with E-state index in [2.05, 4.69) is 27.2 Å². The molecule has 1 amide bonds. The summed E-state index contributed by atoms with van der Waals surface area (Å²) < 4.78 is 10.7. The summed E-state index contributed by atoms with van der Waals surface area (Å²) >= 11 is 0. The highest BCUT2D eigenvalue weighted by atomic mass is 16.5. The van der Waals surface area contributed by atoms with E-state index in [1.54, 1.807) is 20.3 Å². The average Bonchev–Trinajstić information content (AvgIpc) is 2.81. The van der Waals surface area contributed by atoms with Crippen LogP contribution in [-0.4, -0.2) is 64.3 Å². The summed E-state index contributed by atoms with van der Waals surface area (Å²) in [5.41, 5.74) is 1.78. The Bertz CT molecular complexity index is 804. The summed E-state index contributed by atoms with van der Waals surface area (Å²) in [5.74, 6) is 1.49. The zero-order chi connectivity index (χ0) is 21.2. The van der Waals surface area contributed by atoms with Crippen LogP contribution in [0, 0.1) is 0 Å². The van der Waals surface area contributed by atoms with Gasteiger partial charge in [-0.2, -0.15) is 0 Å². The van der Waals surface area contributed by atoms with E-state index in [-0.39, 0.29) is 5.91 Å². The molecule has 6 heteroatoms. The number of nitrogens with one attached hydrogen (secondary N) is 1. The molecular formula is C24H33N3O3. The fraction of sp³-hybridized carbons (Fsp3) is 0.458. The number of amides is 1. The molecule has 0 spiro atoms. The normalized spacial score (nSPS) is 14.4. The Morgan fingerprint density at radius 2 is 1.53 bits per heavy atom. The molecule has 0 aliphatic carbocycles. The number of hydrogen-bond acceptors (Lipinski definition) is 5. The number of unbranched alkanes of at least 4 members (excludes halogenated alkanes) is 2. The Morgan fingerprint density at radius 3 is 2.27 bits per heavy atom. The van der Waals surface area contributed by atoms with Crippen LogP contribution in [-0.2, 0) is 0 Å². The largest absolute Gasteiger partial charge is 0.496 e. The SMILES string of the molecule is COc1ccccc1C(=O)NCCCCCN1CCN(c2ccccc2OC)CC1. The third-order valence-electron chi connectivity index (χ3n) is 5.59. The van der Waals surface area contributed by atoms with Crippen molar-refractivity contribution in [2.24, 2.45) is 0 Å². The zero-order valence-electron chi connectivity index (χ0n) is 18.1. The zero-order valence-corrected chi connectivity index (χ0v) is 18.1. The number of ether oxygens (including phenoxy) is 2. The van der Waals surface area contributed by atoms with Crippen LogP contribution in [0.25, 0.3) is 0 Å². The number of piperazine rings is 1. The van der Waals surface area contributed by atoms with Gasteiger partial charge in [0.15, 0.2) is 0 Å². The Morgan fingerprint density at radius 1 is 0.867 bits per heavy atom. The summed E-state index contributed by atoms with van der Waals surface area (Å²) in [6.07, 6.45) is 3.25. The van der Waals surface area contributed by atoms with Crippen molar-refractivity contribution in [3.05, 3.63) is 54.1 Å². The molecule has 1 aliphatic rings. The minimum absolute atomic E-state index is 0.0695. The molecule has 1 saturated heterocycles. The van der Waals surface area contributed by atoms with Gasteiger partial charge in [0.25, 0.3) is 5.91 Å². The second-order valence-corrected chi connectivity index (χ2v) is 7.52. The lowest BCUT2D eigenvalue weighted by molar-refractivity contribution is 0.0950. The van der Waals surface area contributed by atoms with Gasteiger partial charge in [0.05, 0.1) is 25.5 Å². The summed E-state index contributed by atoms with van der Waals surface area (Å²) in [5, 5.41) is 3.00. The van der Waals surface area contributed by atoms with Gasteiger partial charge in [0.2, 0.25) is 0 Å². The van der Waals surface area contributed by atoms with E-state index in [1.165, 1.54) is 5.69 Å². The van der Waals surface area contributed by atoms with Crippen molar-refractivity contribution in [2.45, 2.75) is 19.3 Å². The molecule has 2 aromatic rings. The highest BCUT2D eigenvalue weighted by Crippen LogP contribution is 2.28. The summed E-state index contributed by atoms with van der Waals surface area (Å²) in [6.45, 7) is 5.99. The topological polar surface area (TPSA) is 54.0 Å². The van der Waals surface area contributed by atoms with E-state index in [4.69, 9.17) is 9.47 Å². The Hall–Kier alpha value is -2.73. The maximum atomic E-state index is 12.3. The maximum absolute atomic E-state index is 12.3. The molecule has 0 bridgehead atoms.